The number of benzene rings is 1. The highest BCUT2D eigenvalue weighted by Gasteiger charge is 2.21. The lowest BCUT2D eigenvalue weighted by molar-refractivity contribution is 0.0946. The number of aromatic nitrogens is 2. The number of carbonyl (C=O) groups is 1. The summed E-state index contributed by atoms with van der Waals surface area (Å²) >= 11 is 0. The molecule has 28 heavy (non-hydrogen) atoms. The summed E-state index contributed by atoms with van der Waals surface area (Å²) in [7, 11) is 0. The van der Waals surface area contributed by atoms with Gasteiger partial charge in [0.1, 0.15) is 23.2 Å². The standard InChI is InChI=1S/C21H28FN5O/c1-15(2)8-9-23-21(28)18-14-20(25-16(3)24-18)27-12-10-26(11-13-27)19-7-5-4-6-17(19)22/h4-7,14-15H,8-13H2,1-3H3,(H,23,28). The summed E-state index contributed by atoms with van der Waals surface area (Å²) in [4.78, 5) is 25.4. The molecule has 0 aliphatic carbocycles. The van der Waals surface area contributed by atoms with Gasteiger partial charge in [-0.2, -0.15) is 0 Å². The summed E-state index contributed by atoms with van der Waals surface area (Å²) in [6.45, 7) is 9.48. The van der Waals surface area contributed by atoms with Gasteiger partial charge in [0.15, 0.2) is 0 Å². The molecule has 1 aromatic carbocycles. The first-order valence-electron chi connectivity index (χ1n) is 9.82. The number of halogens is 1. The predicted octanol–water partition coefficient (Wildman–Crippen LogP) is 3.03. The van der Waals surface area contributed by atoms with Gasteiger partial charge in [0, 0.05) is 38.8 Å². The van der Waals surface area contributed by atoms with Gasteiger partial charge in [-0.15, -0.1) is 0 Å². The molecule has 1 N–H and O–H groups in total. The molecule has 1 aliphatic rings. The molecule has 0 unspecified atom stereocenters. The summed E-state index contributed by atoms with van der Waals surface area (Å²) in [6, 6.07) is 8.59. The third-order valence-corrected chi connectivity index (χ3v) is 4.86. The van der Waals surface area contributed by atoms with E-state index in [-0.39, 0.29) is 11.7 Å². The smallest absolute Gasteiger partial charge is 0.270 e. The van der Waals surface area contributed by atoms with Crippen molar-refractivity contribution in [2.45, 2.75) is 27.2 Å². The Kier molecular flexibility index (Phi) is 6.44. The largest absolute Gasteiger partial charge is 0.366 e. The molecule has 0 atom stereocenters. The lowest BCUT2D eigenvalue weighted by Crippen LogP contribution is -2.47. The third kappa shape index (κ3) is 4.97. The quantitative estimate of drug-likeness (QED) is 0.828. The summed E-state index contributed by atoms with van der Waals surface area (Å²) in [6.07, 6.45) is 0.931. The molecule has 6 nitrogen and oxygen atoms in total. The average Bonchev–Trinajstić information content (AvgIpc) is 2.68. The zero-order chi connectivity index (χ0) is 20.1. The minimum atomic E-state index is -0.200. The zero-order valence-electron chi connectivity index (χ0n) is 16.8. The van der Waals surface area contributed by atoms with Crippen LogP contribution in [0.1, 0.15) is 36.6 Å². The van der Waals surface area contributed by atoms with Crippen LogP contribution in [0, 0.1) is 18.7 Å². The van der Waals surface area contributed by atoms with Crippen LogP contribution in [0.3, 0.4) is 0 Å². The van der Waals surface area contributed by atoms with Gasteiger partial charge in [-0.25, -0.2) is 14.4 Å². The van der Waals surface area contributed by atoms with E-state index in [1.807, 2.05) is 11.0 Å². The Morgan fingerprint density at radius 3 is 2.50 bits per heavy atom. The maximum Gasteiger partial charge on any atom is 0.270 e. The third-order valence-electron chi connectivity index (χ3n) is 4.86. The fraction of sp³-hybridized carbons (Fsp3) is 0.476. The molecule has 150 valence electrons. The van der Waals surface area contributed by atoms with Crippen molar-refractivity contribution in [1.29, 1.82) is 0 Å². The maximum absolute atomic E-state index is 14.0. The molecule has 1 fully saturated rings. The highest BCUT2D eigenvalue weighted by Crippen LogP contribution is 2.22. The number of nitrogens with one attached hydrogen (secondary N) is 1. The molecular formula is C21H28FN5O. The number of amides is 1. The zero-order valence-corrected chi connectivity index (χ0v) is 16.8. The van der Waals surface area contributed by atoms with Crippen molar-refractivity contribution in [2.75, 3.05) is 42.5 Å². The van der Waals surface area contributed by atoms with Crippen LogP contribution < -0.4 is 15.1 Å². The molecule has 1 aliphatic heterocycles. The van der Waals surface area contributed by atoms with Crippen molar-refractivity contribution < 1.29 is 9.18 Å². The van der Waals surface area contributed by atoms with E-state index < -0.39 is 0 Å². The van der Waals surface area contributed by atoms with Crippen LogP contribution in [-0.4, -0.2) is 48.6 Å². The number of carbonyl (C=O) groups excluding carboxylic acids is 1. The monoisotopic (exact) mass is 385 g/mol. The second-order valence-corrected chi connectivity index (χ2v) is 7.52. The topological polar surface area (TPSA) is 61.4 Å². The number of aryl methyl sites for hydroxylation is 1. The van der Waals surface area contributed by atoms with E-state index >= 15 is 0 Å². The van der Waals surface area contributed by atoms with Crippen LogP contribution in [0.4, 0.5) is 15.9 Å². The first-order chi connectivity index (χ1) is 13.4. The van der Waals surface area contributed by atoms with Gasteiger partial charge in [-0.1, -0.05) is 26.0 Å². The van der Waals surface area contributed by atoms with E-state index in [2.05, 4.69) is 34.0 Å². The lowest BCUT2D eigenvalue weighted by Gasteiger charge is -2.36. The van der Waals surface area contributed by atoms with Crippen LogP contribution in [0.2, 0.25) is 0 Å². The van der Waals surface area contributed by atoms with E-state index in [1.54, 1.807) is 25.1 Å². The van der Waals surface area contributed by atoms with Gasteiger partial charge in [0.25, 0.3) is 5.91 Å². The highest BCUT2D eigenvalue weighted by atomic mass is 19.1. The first-order valence-corrected chi connectivity index (χ1v) is 9.82. The van der Waals surface area contributed by atoms with Gasteiger partial charge in [-0.05, 0) is 31.4 Å². The van der Waals surface area contributed by atoms with Gasteiger partial charge >= 0.3 is 0 Å². The van der Waals surface area contributed by atoms with Crippen LogP contribution >= 0.6 is 0 Å². The molecule has 2 aromatic rings. The van der Waals surface area contributed by atoms with Crippen molar-refractivity contribution >= 4 is 17.4 Å². The second kappa shape index (κ2) is 8.99. The number of rotatable bonds is 6. The van der Waals surface area contributed by atoms with E-state index in [0.29, 0.717) is 55.8 Å². The summed E-state index contributed by atoms with van der Waals surface area (Å²) < 4.78 is 14.0. The van der Waals surface area contributed by atoms with E-state index in [0.717, 1.165) is 12.2 Å². The Labute approximate surface area is 165 Å². The fourth-order valence-electron chi connectivity index (χ4n) is 3.28. The summed E-state index contributed by atoms with van der Waals surface area (Å²) in [5.41, 5.74) is 1.02. The maximum atomic E-state index is 14.0. The Hall–Kier alpha value is -2.70. The van der Waals surface area contributed by atoms with Crippen LogP contribution in [0.25, 0.3) is 0 Å². The Morgan fingerprint density at radius 1 is 1.14 bits per heavy atom. The van der Waals surface area contributed by atoms with Gasteiger partial charge in [0.2, 0.25) is 0 Å². The van der Waals surface area contributed by atoms with Gasteiger partial charge in [0.05, 0.1) is 5.69 Å². The minimum Gasteiger partial charge on any atom is -0.366 e. The molecule has 1 aromatic heterocycles. The molecule has 1 saturated heterocycles. The van der Waals surface area contributed by atoms with Crippen molar-refractivity contribution in [3.63, 3.8) is 0 Å². The number of hydrogen-bond acceptors (Lipinski definition) is 5. The Morgan fingerprint density at radius 2 is 1.82 bits per heavy atom. The molecule has 1 amide bonds. The fourth-order valence-corrected chi connectivity index (χ4v) is 3.28. The minimum absolute atomic E-state index is 0.169. The second-order valence-electron chi connectivity index (χ2n) is 7.52. The summed E-state index contributed by atoms with van der Waals surface area (Å²) in [5.74, 6) is 1.48. The molecule has 3 rings (SSSR count). The first kappa shape index (κ1) is 20.0. The predicted molar refractivity (Wildman–Crippen MR) is 109 cm³/mol. The van der Waals surface area contributed by atoms with Gasteiger partial charge < -0.3 is 15.1 Å². The van der Waals surface area contributed by atoms with Crippen LogP contribution in [-0.2, 0) is 0 Å². The van der Waals surface area contributed by atoms with Crippen LogP contribution in [0.5, 0.6) is 0 Å². The average molecular weight is 385 g/mol. The van der Waals surface area contributed by atoms with Crippen molar-refractivity contribution in [2.24, 2.45) is 5.92 Å². The van der Waals surface area contributed by atoms with Crippen molar-refractivity contribution in [1.82, 2.24) is 15.3 Å². The molecule has 7 heteroatoms. The number of anilines is 2. The number of piperazine rings is 1. The summed E-state index contributed by atoms with van der Waals surface area (Å²) in [5, 5.41) is 2.92. The van der Waals surface area contributed by atoms with E-state index in [9.17, 15) is 9.18 Å². The molecule has 2 heterocycles. The van der Waals surface area contributed by atoms with E-state index in [1.165, 1.54) is 6.07 Å². The van der Waals surface area contributed by atoms with E-state index in [4.69, 9.17) is 0 Å². The lowest BCUT2D eigenvalue weighted by atomic mass is 10.1. The SMILES string of the molecule is Cc1nc(C(=O)NCCC(C)C)cc(N2CCN(c3ccccc3F)CC2)n1. The Bertz CT molecular complexity index is 818. The molecule has 0 saturated carbocycles. The molecule has 0 spiro atoms. The molecular weight excluding hydrogens is 357 g/mol. The van der Waals surface area contributed by atoms with Crippen molar-refractivity contribution in [3.8, 4) is 0 Å². The van der Waals surface area contributed by atoms with Gasteiger partial charge in [-0.3, -0.25) is 4.79 Å². The number of para-hydroxylation sites is 1. The van der Waals surface area contributed by atoms with Crippen LogP contribution in [0.15, 0.2) is 30.3 Å². The molecule has 0 radical (unpaired) electrons. The number of hydrogen-bond donors (Lipinski definition) is 1. The normalized spacial score (nSPS) is 14.5. The van der Waals surface area contributed by atoms with Crippen molar-refractivity contribution in [3.05, 3.63) is 47.7 Å². The molecule has 0 bridgehead atoms. The Balaban J connectivity index is 1.65. The highest BCUT2D eigenvalue weighted by molar-refractivity contribution is 5.92. The number of nitrogens with zero attached hydrogens (tertiary/aromatic N) is 4.